The van der Waals surface area contributed by atoms with Gasteiger partial charge in [0.05, 0.1) is 57.9 Å². The Labute approximate surface area is 797 Å². The van der Waals surface area contributed by atoms with E-state index in [0.717, 1.165) is 215 Å². The first kappa shape index (κ1) is 121. The van der Waals surface area contributed by atoms with E-state index >= 15 is 0 Å². The summed E-state index contributed by atoms with van der Waals surface area (Å²) >= 11 is 0. The van der Waals surface area contributed by atoms with Crippen molar-refractivity contribution in [1.29, 1.82) is 0 Å². The second-order valence-electron chi connectivity index (χ2n) is 44.3. The standard InChI is InChI=1S/3C14H27N3.4C13H25N3.C12H23N3/c1-12(2)7-5-6-10-17-11-14(15-16-17)9-8-13(3)4;1-12(2)7-5-6-10-17-14(11-15-16-17)9-8-13(3)4;1-12(2)8-6-5-7-9-17-11-14(15-16-17)10-13(3)4;1-11(2)6-5-9-16-10-13(14-15-16)8-7-12(3)4;1-11(2)6-5-9-16-13(10-14-15-16)8-7-12(3)4;1-11(2)6-5-7-13-10-16(15-14-13)9-8-12(3)4;1-11(2)7-5-6-8-13-10-16(15-14-13)9-12(3)4;1-10(2)6-5-7-15-9-12(13-14-15)8-11(3)4/h3*11-13H,5-10H2,1-4H3;4*10-12H,5-9H2,1-4H3;9-11H,5-8H2,1-4H3. The summed E-state index contributed by atoms with van der Waals surface area (Å²) in [7, 11) is 0. The summed E-state index contributed by atoms with van der Waals surface area (Å²) in [4.78, 5) is 0. The molecule has 0 atom stereocenters. The molecule has 0 spiro atoms. The molecular weight excluding hydrogens is 1610 g/mol. The predicted molar refractivity (Wildman–Crippen MR) is 547 cm³/mol. The SMILES string of the molecule is CC(C)CCCCCn1cc(CC(C)C)nn1.CC(C)CCCCc1cn(CC(C)C)nn1.CC(C)CCCCn1cc(CCC(C)C)nn1.CC(C)CCCCn1nncc1CCC(C)C.CC(C)CCCc1cn(CCC(C)C)nn1.CC(C)CCCn1cc(CC(C)C)nn1.CC(C)CCCn1cc(CCC(C)C)nn1.CC(C)CCCn1nncc1CCC(C)C. The van der Waals surface area contributed by atoms with Crippen LogP contribution >= 0.6 is 0 Å². The highest BCUT2D eigenvalue weighted by Crippen LogP contribution is 2.19. The summed E-state index contributed by atoms with van der Waals surface area (Å²) in [5, 5.41) is 66.5. The molecule has 8 heterocycles. The maximum Gasteiger partial charge on any atom is 0.0829 e. The molecule has 8 aromatic rings. The summed E-state index contributed by atoms with van der Waals surface area (Å²) in [5.41, 5.74) is 9.40. The van der Waals surface area contributed by atoms with Gasteiger partial charge in [-0.05, 0) is 249 Å². The van der Waals surface area contributed by atoms with Gasteiger partial charge in [-0.2, -0.15) is 0 Å². The van der Waals surface area contributed by atoms with Gasteiger partial charge in [-0.3, -0.25) is 28.1 Å². The van der Waals surface area contributed by atoms with Gasteiger partial charge in [-0.1, -0.05) is 327 Å². The van der Waals surface area contributed by atoms with Crippen molar-refractivity contribution in [2.24, 2.45) is 94.7 Å². The summed E-state index contributed by atoms with van der Waals surface area (Å²) in [6, 6.07) is 0. The number of rotatable bonds is 58. The van der Waals surface area contributed by atoms with Crippen molar-refractivity contribution in [3.8, 4) is 0 Å². The zero-order chi connectivity index (χ0) is 97.1. The Bertz CT molecular complexity index is 3740. The van der Waals surface area contributed by atoms with Gasteiger partial charge in [-0.15, -0.1) is 40.8 Å². The molecule has 0 aromatic carbocycles. The van der Waals surface area contributed by atoms with Crippen molar-refractivity contribution >= 4 is 0 Å². The average Bonchev–Trinajstić information content (AvgIpc) is 1.66. The molecule has 0 saturated carbocycles. The average molecular weight is 1810 g/mol. The summed E-state index contributed by atoms with van der Waals surface area (Å²) in [6.07, 6.45) is 57.6. The molecule has 24 heteroatoms. The molecular formula is C106H204N24. The minimum atomic E-state index is 0.635. The molecule has 0 radical (unpaired) electrons. The van der Waals surface area contributed by atoms with Crippen molar-refractivity contribution in [3.05, 3.63) is 95.1 Å². The molecule has 0 aliphatic carbocycles. The largest absolute Gasteiger partial charge is 0.252 e. The Morgan fingerprint density at radius 3 is 0.785 bits per heavy atom. The lowest BCUT2D eigenvalue weighted by Gasteiger charge is -2.08. The van der Waals surface area contributed by atoms with E-state index in [1.165, 1.54) is 178 Å². The number of unbranched alkanes of at least 4 members (excludes halogenated alkanes) is 5. The molecule has 0 aliphatic rings. The van der Waals surface area contributed by atoms with Gasteiger partial charge in [0.15, 0.2) is 0 Å². The smallest absolute Gasteiger partial charge is 0.0829 e. The lowest BCUT2D eigenvalue weighted by Crippen LogP contribution is -2.07. The van der Waals surface area contributed by atoms with Crippen LogP contribution in [0.15, 0.2) is 49.6 Å². The Morgan fingerprint density at radius 1 is 0.185 bits per heavy atom. The number of hydrogen-bond acceptors (Lipinski definition) is 16. The molecule has 0 bridgehead atoms. The van der Waals surface area contributed by atoms with E-state index in [-0.39, 0.29) is 0 Å². The van der Waals surface area contributed by atoms with Gasteiger partial charge in [-0.25, -0.2) is 9.36 Å². The third-order valence-corrected chi connectivity index (χ3v) is 22.2. The second-order valence-corrected chi connectivity index (χ2v) is 44.3. The Hall–Kier alpha value is -6.88. The second kappa shape index (κ2) is 74.5. The Morgan fingerprint density at radius 2 is 0.431 bits per heavy atom. The van der Waals surface area contributed by atoms with Crippen LogP contribution in [0.25, 0.3) is 0 Å². The molecule has 8 aromatic heterocycles. The van der Waals surface area contributed by atoms with Crippen LogP contribution in [0.3, 0.4) is 0 Å². The number of hydrogen-bond donors (Lipinski definition) is 0. The number of nitrogens with zero attached hydrogens (tertiary/aromatic N) is 24. The minimum absolute atomic E-state index is 0.635. The van der Waals surface area contributed by atoms with Crippen LogP contribution in [0.5, 0.6) is 0 Å². The van der Waals surface area contributed by atoms with Crippen LogP contribution in [0.4, 0.5) is 0 Å². The van der Waals surface area contributed by atoms with Crippen LogP contribution < -0.4 is 0 Å². The first-order valence-electron chi connectivity index (χ1n) is 52.7. The molecule has 0 N–H and O–H groups in total. The summed E-state index contributed by atoms with van der Waals surface area (Å²) in [5.74, 6) is 12.1. The molecule has 0 saturated heterocycles. The summed E-state index contributed by atoms with van der Waals surface area (Å²) in [6.45, 7) is 80.1. The zero-order valence-electron chi connectivity index (χ0n) is 90.3. The molecule has 0 aliphatic heterocycles. The van der Waals surface area contributed by atoms with E-state index < -0.39 is 0 Å². The lowest BCUT2D eigenvalue weighted by molar-refractivity contribution is 0.465. The van der Waals surface area contributed by atoms with E-state index in [2.05, 4.69) is 351 Å². The van der Waals surface area contributed by atoms with Gasteiger partial charge < -0.3 is 0 Å². The molecule has 24 nitrogen and oxygen atoms in total. The highest BCUT2D eigenvalue weighted by Gasteiger charge is 2.13. The topological polar surface area (TPSA) is 246 Å². The van der Waals surface area contributed by atoms with E-state index in [9.17, 15) is 0 Å². The first-order valence-corrected chi connectivity index (χ1v) is 52.7. The fourth-order valence-electron chi connectivity index (χ4n) is 14.1. The van der Waals surface area contributed by atoms with Crippen molar-refractivity contribution in [2.75, 3.05) is 0 Å². The Balaban J connectivity index is 0.000000743. The highest BCUT2D eigenvalue weighted by atomic mass is 15.5. The number of aryl methyl sites for hydroxylation is 13. The molecule has 130 heavy (non-hydrogen) atoms. The van der Waals surface area contributed by atoms with Gasteiger partial charge >= 0.3 is 0 Å². The van der Waals surface area contributed by atoms with E-state index in [4.69, 9.17) is 0 Å². The van der Waals surface area contributed by atoms with Crippen LogP contribution in [0, 0.1) is 94.7 Å². The van der Waals surface area contributed by atoms with Crippen LogP contribution in [0.1, 0.15) is 434 Å². The zero-order valence-corrected chi connectivity index (χ0v) is 90.3. The fraction of sp³-hybridized carbons (Fsp3) is 0.849. The molecule has 748 valence electrons. The number of aromatic nitrogens is 24. The van der Waals surface area contributed by atoms with E-state index in [1.54, 1.807) is 0 Å². The maximum atomic E-state index is 4.21. The van der Waals surface area contributed by atoms with Gasteiger partial charge in [0.25, 0.3) is 0 Å². The van der Waals surface area contributed by atoms with Crippen LogP contribution in [-0.4, -0.2) is 120 Å². The molecule has 0 amide bonds. The first-order chi connectivity index (χ1) is 61.6. The van der Waals surface area contributed by atoms with Gasteiger partial charge in [0, 0.05) is 89.5 Å². The summed E-state index contributed by atoms with van der Waals surface area (Å²) < 4.78 is 16.0. The molecule has 8 rings (SSSR count). The minimum Gasteiger partial charge on any atom is -0.252 e. The van der Waals surface area contributed by atoms with Crippen LogP contribution in [-0.2, 0) is 104 Å². The quantitative estimate of drug-likeness (QED) is 0.0322. The van der Waals surface area contributed by atoms with Crippen molar-refractivity contribution < 1.29 is 0 Å². The fourth-order valence-corrected chi connectivity index (χ4v) is 14.1. The predicted octanol–water partition coefficient (Wildman–Crippen LogP) is 27.2. The monoisotopic (exact) mass is 1810 g/mol. The highest BCUT2D eigenvalue weighted by molar-refractivity contribution is 4.99. The normalized spacial score (nSPS) is 11.6. The Kier molecular flexibility index (Phi) is 69.4. The van der Waals surface area contributed by atoms with Crippen LogP contribution in [0.2, 0.25) is 0 Å². The maximum absolute atomic E-state index is 4.21. The third-order valence-electron chi connectivity index (χ3n) is 22.2. The third kappa shape index (κ3) is 70.8. The van der Waals surface area contributed by atoms with Gasteiger partial charge in [0.1, 0.15) is 0 Å². The van der Waals surface area contributed by atoms with Crippen molar-refractivity contribution in [1.82, 2.24) is 120 Å². The van der Waals surface area contributed by atoms with E-state index in [0.29, 0.717) is 17.8 Å². The van der Waals surface area contributed by atoms with Crippen molar-refractivity contribution in [3.63, 3.8) is 0 Å². The van der Waals surface area contributed by atoms with Gasteiger partial charge in [0.2, 0.25) is 0 Å². The molecule has 0 fully saturated rings. The lowest BCUT2D eigenvalue weighted by atomic mass is 10.0. The van der Waals surface area contributed by atoms with E-state index in [1.807, 2.05) is 40.5 Å². The molecule has 0 unspecified atom stereocenters. The van der Waals surface area contributed by atoms with Crippen molar-refractivity contribution in [2.45, 2.75) is 492 Å².